The van der Waals surface area contributed by atoms with Crippen LogP contribution < -0.4 is 10.1 Å². The van der Waals surface area contributed by atoms with Crippen molar-refractivity contribution < 1.29 is 14.3 Å². The largest absolute Gasteiger partial charge is 0.484 e. The molecular formula is C24H26N4O3S2. The van der Waals surface area contributed by atoms with Gasteiger partial charge in [-0.1, -0.05) is 35.2 Å². The highest BCUT2D eigenvalue weighted by Gasteiger charge is 2.29. The number of ether oxygens (including phenoxy) is 1. The van der Waals surface area contributed by atoms with Crippen LogP contribution in [0.4, 0.5) is 5.69 Å². The van der Waals surface area contributed by atoms with Crippen LogP contribution >= 0.6 is 23.1 Å². The van der Waals surface area contributed by atoms with E-state index in [9.17, 15) is 9.59 Å². The Bertz CT molecular complexity index is 1080. The summed E-state index contributed by atoms with van der Waals surface area (Å²) in [6, 6.07) is 14.9. The van der Waals surface area contributed by atoms with Gasteiger partial charge in [0.15, 0.2) is 10.9 Å². The minimum absolute atomic E-state index is 0.000979. The molecule has 0 aliphatic carbocycles. The molecule has 0 bridgehead atoms. The van der Waals surface area contributed by atoms with E-state index in [-0.39, 0.29) is 30.5 Å². The van der Waals surface area contributed by atoms with Crippen molar-refractivity contribution in [1.82, 2.24) is 15.1 Å². The van der Waals surface area contributed by atoms with Crippen LogP contribution in [-0.4, -0.2) is 45.6 Å². The van der Waals surface area contributed by atoms with E-state index in [0.29, 0.717) is 17.0 Å². The van der Waals surface area contributed by atoms with Gasteiger partial charge in [0.2, 0.25) is 0 Å². The zero-order valence-corrected chi connectivity index (χ0v) is 20.2. The smallest absolute Gasteiger partial charge is 0.260 e. The molecule has 9 heteroatoms. The van der Waals surface area contributed by atoms with Gasteiger partial charge in [-0.3, -0.25) is 9.59 Å². The second kappa shape index (κ2) is 10.8. The molecule has 2 aromatic carbocycles. The van der Waals surface area contributed by atoms with Gasteiger partial charge in [-0.25, -0.2) is 0 Å². The first-order chi connectivity index (χ1) is 16.0. The quantitative estimate of drug-likeness (QED) is 0.504. The molecule has 1 fully saturated rings. The van der Waals surface area contributed by atoms with E-state index in [1.54, 1.807) is 29.8 Å². The van der Waals surface area contributed by atoms with Crippen molar-refractivity contribution in [2.45, 2.75) is 54.4 Å². The Morgan fingerprint density at radius 2 is 1.85 bits per heavy atom. The molecule has 1 aromatic heterocycles. The number of benzene rings is 2. The summed E-state index contributed by atoms with van der Waals surface area (Å²) in [4.78, 5) is 28.2. The number of hydrogen-bond acceptors (Lipinski definition) is 7. The summed E-state index contributed by atoms with van der Waals surface area (Å²) in [7, 11) is 0. The summed E-state index contributed by atoms with van der Waals surface area (Å²) in [5.74, 6) is 0.337. The number of nitrogens with zero attached hydrogens (tertiary/aromatic N) is 3. The van der Waals surface area contributed by atoms with E-state index in [1.165, 1.54) is 23.1 Å². The standard InChI is InChI=1S/C24H26N4O3S2/c1-16-6-5-7-17(2)28(16)22(29)14-31-19-12-10-18(11-13-19)23(30)26-20-8-3-4-9-21(20)33-24-27-25-15-32-24/h3-4,8-13,15-17H,5-7,14H2,1-2H3,(H,26,30). The van der Waals surface area contributed by atoms with Gasteiger partial charge in [-0.05, 0) is 69.5 Å². The highest BCUT2D eigenvalue weighted by Crippen LogP contribution is 2.34. The molecule has 3 aromatic rings. The molecule has 7 nitrogen and oxygen atoms in total. The summed E-state index contributed by atoms with van der Waals surface area (Å²) in [5, 5.41) is 10.9. The van der Waals surface area contributed by atoms with Crippen LogP contribution in [0.1, 0.15) is 43.5 Å². The fourth-order valence-corrected chi connectivity index (χ4v) is 5.51. The summed E-state index contributed by atoms with van der Waals surface area (Å²) in [5.41, 5.74) is 2.88. The van der Waals surface area contributed by atoms with Gasteiger partial charge >= 0.3 is 0 Å². The van der Waals surface area contributed by atoms with Gasteiger partial charge in [0.05, 0.1) is 5.69 Å². The van der Waals surface area contributed by atoms with Gasteiger partial charge in [-0.2, -0.15) is 0 Å². The lowest BCUT2D eigenvalue weighted by Gasteiger charge is -2.38. The maximum absolute atomic E-state index is 12.8. The Morgan fingerprint density at radius 3 is 2.55 bits per heavy atom. The summed E-state index contributed by atoms with van der Waals surface area (Å²) in [6.45, 7) is 4.17. The van der Waals surface area contributed by atoms with E-state index in [1.807, 2.05) is 29.2 Å². The number of piperidine rings is 1. The number of carbonyl (C=O) groups excluding carboxylic acids is 2. The number of aromatic nitrogens is 2. The maximum atomic E-state index is 12.8. The number of hydrogen-bond donors (Lipinski definition) is 1. The topological polar surface area (TPSA) is 84.4 Å². The van der Waals surface area contributed by atoms with Crippen LogP contribution in [0.25, 0.3) is 0 Å². The normalized spacial score (nSPS) is 18.1. The van der Waals surface area contributed by atoms with Crippen LogP contribution in [0, 0.1) is 0 Å². The van der Waals surface area contributed by atoms with Crippen LogP contribution in [0.2, 0.25) is 0 Å². The van der Waals surface area contributed by atoms with Gasteiger partial charge in [0.25, 0.3) is 11.8 Å². The Labute approximate surface area is 201 Å². The van der Waals surface area contributed by atoms with Crippen LogP contribution in [0.15, 0.2) is 63.3 Å². The highest BCUT2D eigenvalue weighted by atomic mass is 32.2. The second-order valence-electron chi connectivity index (χ2n) is 8.00. The molecule has 1 aliphatic heterocycles. The molecule has 0 spiro atoms. The number of nitrogens with one attached hydrogen (secondary N) is 1. The Balaban J connectivity index is 1.35. The Morgan fingerprint density at radius 1 is 1.12 bits per heavy atom. The number of likely N-dealkylation sites (tertiary alicyclic amines) is 1. The first-order valence-electron chi connectivity index (χ1n) is 10.9. The average Bonchev–Trinajstić information content (AvgIpc) is 3.32. The van der Waals surface area contributed by atoms with Crippen LogP contribution in [-0.2, 0) is 4.79 Å². The minimum Gasteiger partial charge on any atom is -0.484 e. The predicted molar refractivity (Wildman–Crippen MR) is 130 cm³/mol. The van der Waals surface area contributed by atoms with Crippen molar-refractivity contribution in [2.24, 2.45) is 0 Å². The van der Waals surface area contributed by atoms with Crippen molar-refractivity contribution in [3.8, 4) is 5.75 Å². The van der Waals surface area contributed by atoms with E-state index < -0.39 is 0 Å². The number of carbonyl (C=O) groups is 2. The molecule has 0 saturated carbocycles. The highest BCUT2D eigenvalue weighted by molar-refractivity contribution is 8.01. The minimum atomic E-state index is -0.223. The number of para-hydroxylation sites is 1. The van der Waals surface area contributed by atoms with Crippen molar-refractivity contribution in [3.05, 3.63) is 59.6 Å². The lowest BCUT2D eigenvalue weighted by Crippen LogP contribution is -2.49. The Kier molecular flexibility index (Phi) is 7.61. The van der Waals surface area contributed by atoms with Crippen LogP contribution in [0.5, 0.6) is 5.75 Å². The molecule has 33 heavy (non-hydrogen) atoms. The third-order valence-corrected chi connectivity index (χ3v) is 7.49. The van der Waals surface area contributed by atoms with E-state index in [4.69, 9.17) is 4.74 Å². The Hall–Kier alpha value is -2.91. The number of amides is 2. The molecule has 1 saturated heterocycles. The molecule has 4 rings (SSSR count). The SMILES string of the molecule is CC1CCCC(C)N1C(=O)COc1ccc(C(=O)Nc2ccccc2Sc2nncs2)cc1. The third kappa shape index (κ3) is 5.91. The fourth-order valence-electron chi connectivity index (χ4n) is 3.99. The average molecular weight is 483 g/mol. The maximum Gasteiger partial charge on any atom is 0.260 e. The van der Waals surface area contributed by atoms with Gasteiger partial charge < -0.3 is 15.0 Å². The van der Waals surface area contributed by atoms with Gasteiger partial charge in [-0.15, -0.1) is 10.2 Å². The number of rotatable bonds is 7. The van der Waals surface area contributed by atoms with Gasteiger partial charge in [0.1, 0.15) is 11.3 Å². The molecular weight excluding hydrogens is 456 g/mol. The summed E-state index contributed by atoms with van der Waals surface area (Å²) in [6.07, 6.45) is 3.21. The van der Waals surface area contributed by atoms with Gasteiger partial charge in [0, 0.05) is 22.5 Å². The van der Waals surface area contributed by atoms with E-state index in [0.717, 1.165) is 28.5 Å². The monoisotopic (exact) mass is 482 g/mol. The molecule has 172 valence electrons. The first-order valence-corrected chi connectivity index (χ1v) is 12.6. The zero-order chi connectivity index (χ0) is 23.2. The van der Waals surface area contributed by atoms with Crippen LogP contribution in [0.3, 0.4) is 0 Å². The van der Waals surface area contributed by atoms with E-state index >= 15 is 0 Å². The summed E-state index contributed by atoms with van der Waals surface area (Å²) >= 11 is 2.90. The lowest BCUT2D eigenvalue weighted by atomic mass is 9.97. The summed E-state index contributed by atoms with van der Waals surface area (Å²) < 4.78 is 6.52. The van der Waals surface area contributed by atoms with Crippen molar-refractivity contribution >= 4 is 40.6 Å². The molecule has 2 amide bonds. The molecule has 1 N–H and O–H groups in total. The molecule has 2 atom stereocenters. The molecule has 1 aliphatic rings. The second-order valence-corrected chi connectivity index (χ2v) is 10.1. The predicted octanol–water partition coefficient (Wildman–Crippen LogP) is 5.11. The van der Waals surface area contributed by atoms with Crippen molar-refractivity contribution in [3.63, 3.8) is 0 Å². The fraction of sp³-hybridized carbons (Fsp3) is 0.333. The molecule has 2 unspecified atom stereocenters. The van der Waals surface area contributed by atoms with Crippen molar-refractivity contribution in [2.75, 3.05) is 11.9 Å². The lowest BCUT2D eigenvalue weighted by molar-refractivity contribution is -0.139. The zero-order valence-electron chi connectivity index (χ0n) is 18.6. The first kappa shape index (κ1) is 23.3. The third-order valence-electron chi connectivity index (χ3n) is 5.63. The van der Waals surface area contributed by atoms with E-state index in [2.05, 4.69) is 29.4 Å². The van der Waals surface area contributed by atoms with Crippen molar-refractivity contribution in [1.29, 1.82) is 0 Å². The number of anilines is 1. The molecule has 2 heterocycles. The molecule has 0 radical (unpaired) electrons.